The number of phenolic OH excluding ortho intramolecular Hbond substituents is 1. The topological polar surface area (TPSA) is 20.2 Å². The fourth-order valence-electron chi connectivity index (χ4n) is 7.99. The molecule has 0 fully saturated rings. The molecule has 0 aromatic heterocycles. The van der Waals surface area contributed by atoms with Gasteiger partial charge in [-0.1, -0.05) is 113 Å². The Kier molecular flexibility index (Phi) is 3.57. The summed E-state index contributed by atoms with van der Waals surface area (Å²) in [5.74, 6) is 0.832. The molecular formula is C34H21BrO. The minimum absolute atomic E-state index is 0.0462. The van der Waals surface area contributed by atoms with E-state index in [-0.39, 0.29) is 23.7 Å². The molecule has 0 heterocycles. The maximum absolute atomic E-state index is 12.3. The van der Waals surface area contributed by atoms with Crippen LogP contribution in [0.1, 0.15) is 90.4 Å². The lowest BCUT2D eigenvalue weighted by Gasteiger charge is -2.48. The highest BCUT2D eigenvalue weighted by Crippen LogP contribution is 2.66. The largest absolute Gasteiger partial charge is 0.507 e. The Bertz CT molecular complexity index is 1450. The molecule has 0 spiro atoms. The van der Waals surface area contributed by atoms with E-state index in [9.17, 15) is 5.11 Å². The van der Waals surface area contributed by atoms with Gasteiger partial charge in [-0.2, -0.15) is 0 Å². The Hall–Kier alpha value is -3.62. The Morgan fingerprint density at radius 2 is 0.611 bits per heavy atom. The van der Waals surface area contributed by atoms with E-state index in [1.807, 2.05) is 0 Å². The van der Waals surface area contributed by atoms with Gasteiger partial charge in [0, 0.05) is 39.3 Å². The molecule has 1 nitrogen and oxygen atoms in total. The summed E-state index contributed by atoms with van der Waals surface area (Å²) >= 11 is 4.19. The fraction of sp³-hybridized carbons (Fsp3) is 0.118. The van der Waals surface area contributed by atoms with E-state index in [0.29, 0.717) is 5.75 Å². The minimum atomic E-state index is 0.0462. The van der Waals surface area contributed by atoms with Crippen LogP contribution in [-0.4, -0.2) is 5.11 Å². The van der Waals surface area contributed by atoms with Gasteiger partial charge < -0.3 is 5.11 Å². The van der Waals surface area contributed by atoms with Gasteiger partial charge in [-0.25, -0.2) is 0 Å². The first-order valence-electron chi connectivity index (χ1n) is 12.7. The van der Waals surface area contributed by atoms with Gasteiger partial charge in [0.25, 0.3) is 0 Å². The Morgan fingerprint density at radius 1 is 0.389 bits per heavy atom. The maximum Gasteiger partial charge on any atom is 0.124 e. The van der Waals surface area contributed by atoms with Crippen molar-refractivity contribution in [2.45, 2.75) is 23.7 Å². The Morgan fingerprint density at radius 3 is 0.861 bits per heavy atom. The second-order valence-electron chi connectivity index (χ2n) is 10.6. The molecule has 2 heteroatoms. The minimum Gasteiger partial charge on any atom is -0.507 e. The van der Waals surface area contributed by atoms with Gasteiger partial charge in [0.05, 0.1) is 0 Å². The molecule has 0 unspecified atom stereocenters. The molecule has 5 aromatic rings. The standard InChI is InChI=1S/C34H21BrO/c35-33-29-25-17-9-1-5-13-21(17)27(22-14-6-2-10-18(22)25)31(29)34(36)32-28-23-15-7-3-11-19(23)26(30(32)33)20-12-4-8-16-24(20)28/h1-16,25-28,36H. The summed E-state index contributed by atoms with van der Waals surface area (Å²) in [5.41, 5.74) is 15.5. The molecule has 170 valence electrons. The van der Waals surface area contributed by atoms with Crippen molar-refractivity contribution in [3.8, 4) is 5.75 Å². The van der Waals surface area contributed by atoms with Crippen LogP contribution < -0.4 is 0 Å². The number of benzene rings is 5. The van der Waals surface area contributed by atoms with Crippen LogP contribution in [0.4, 0.5) is 0 Å². The second kappa shape index (κ2) is 6.57. The summed E-state index contributed by atoms with van der Waals surface area (Å²) < 4.78 is 1.18. The third-order valence-electron chi connectivity index (χ3n) is 9.19. The quantitative estimate of drug-likeness (QED) is 0.212. The van der Waals surface area contributed by atoms with E-state index in [4.69, 9.17) is 0 Å². The third-order valence-corrected chi connectivity index (χ3v) is 10.0. The van der Waals surface area contributed by atoms with E-state index < -0.39 is 0 Å². The SMILES string of the molecule is Oc1c2c(c(Br)c3c1C1c4ccccc4C3c3ccccc31)C1c3ccccc3C2c2ccccc21. The predicted octanol–water partition coefficient (Wildman–Crippen LogP) is 8.13. The van der Waals surface area contributed by atoms with Crippen molar-refractivity contribution in [1.82, 2.24) is 0 Å². The summed E-state index contributed by atoms with van der Waals surface area (Å²) in [6.45, 7) is 0. The molecule has 36 heavy (non-hydrogen) atoms. The Labute approximate surface area is 218 Å². The van der Waals surface area contributed by atoms with E-state index in [2.05, 4.69) is 113 Å². The van der Waals surface area contributed by atoms with Crippen molar-refractivity contribution >= 4 is 15.9 Å². The van der Waals surface area contributed by atoms with Crippen LogP contribution in [-0.2, 0) is 0 Å². The van der Waals surface area contributed by atoms with Crippen molar-refractivity contribution < 1.29 is 5.11 Å². The number of phenols is 1. The highest BCUT2D eigenvalue weighted by molar-refractivity contribution is 9.10. The van der Waals surface area contributed by atoms with Crippen molar-refractivity contribution in [3.63, 3.8) is 0 Å². The van der Waals surface area contributed by atoms with Crippen molar-refractivity contribution in [2.24, 2.45) is 0 Å². The first-order chi connectivity index (χ1) is 17.8. The summed E-state index contributed by atoms with van der Waals surface area (Å²) in [6, 6.07) is 35.4. The lowest BCUT2D eigenvalue weighted by molar-refractivity contribution is 0.449. The average Bonchev–Trinajstić information content (AvgIpc) is 2.95. The summed E-state index contributed by atoms with van der Waals surface area (Å²) in [5, 5.41) is 12.3. The molecule has 1 N–H and O–H groups in total. The van der Waals surface area contributed by atoms with E-state index >= 15 is 0 Å². The number of aromatic hydroxyl groups is 1. The van der Waals surface area contributed by atoms with Crippen molar-refractivity contribution in [3.05, 3.63) is 168 Å². The van der Waals surface area contributed by atoms with Gasteiger partial charge in [-0.15, -0.1) is 0 Å². The predicted molar refractivity (Wildman–Crippen MR) is 145 cm³/mol. The molecule has 0 atom stereocenters. The molecule has 6 aliphatic rings. The van der Waals surface area contributed by atoms with Gasteiger partial charge in [-0.05, 0) is 55.6 Å². The molecular weight excluding hydrogens is 504 g/mol. The monoisotopic (exact) mass is 524 g/mol. The van der Waals surface area contributed by atoms with Crippen LogP contribution in [0.15, 0.2) is 102 Å². The first-order valence-corrected chi connectivity index (χ1v) is 13.5. The van der Waals surface area contributed by atoms with Gasteiger partial charge in [0.2, 0.25) is 0 Å². The fourth-order valence-corrected chi connectivity index (χ4v) is 8.88. The molecule has 0 saturated carbocycles. The van der Waals surface area contributed by atoms with Crippen LogP contribution in [0.5, 0.6) is 5.75 Å². The lowest BCUT2D eigenvalue weighted by Crippen LogP contribution is -2.33. The van der Waals surface area contributed by atoms with Gasteiger partial charge in [-0.3, -0.25) is 0 Å². The van der Waals surface area contributed by atoms with Crippen molar-refractivity contribution in [2.75, 3.05) is 0 Å². The smallest absolute Gasteiger partial charge is 0.124 e. The molecule has 6 aliphatic carbocycles. The van der Waals surface area contributed by atoms with Crippen LogP contribution in [0.2, 0.25) is 0 Å². The van der Waals surface area contributed by atoms with Crippen LogP contribution in [0.25, 0.3) is 0 Å². The number of hydrogen-bond donors (Lipinski definition) is 1. The molecule has 11 rings (SSSR count). The maximum atomic E-state index is 12.3. The molecule has 4 bridgehead atoms. The van der Waals surface area contributed by atoms with Gasteiger partial charge in [0.1, 0.15) is 5.75 Å². The van der Waals surface area contributed by atoms with E-state index in [1.165, 1.54) is 60.1 Å². The zero-order chi connectivity index (χ0) is 23.7. The summed E-state index contributed by atoms with van der Waals surface area (Å²) in [7, 11) is 0. The molecule has 5 aromatic carbocycles. The zero-order valence-corrected chi connectivity index (χ0v) is 21.0. The number of rotatable bonds is 0. The van der Waals surface area contributed by atoms with E-state index in [1.54, 1.807) is 0 Å². The third kappa shape index (κ3) is 2.08. The number of hydrogen-bond acceptors (Lipinski definition) is 1. The first kappa shape index (κ1) is 19.6. The van der Waals surface area contributed by atoms with E-state index in [0.717, 1.165) is 11.1 Å². The number of halogens is 1. The molecule has 0 amide bonds. The normalized spacial score (nSPS) is 22.7. The zero-order valence-electron chi connectivity index (χ0n) is 19.4. The lowest BCUT2D eigenvalue weighted by atomic mass is 9.56. The van der Waals surface area contributed by atoms with Crippen LogP contribution >= 0.6 is 15.9 Å². The summed E-state index contributed by atoms with van der Waals surface area (Å²) in [4.78, 5) is 0. The van der Waals surface area contributed by atoms with Crippen molar-refractivity contribution in [1.29, 1.82) is 0 Å². The molecule has 0 radical (unpaired) electrons. The highest BCUT2D eigenvalue weighted by atomic mass is 79.9. The summed E-state index contributed by atoms with van der Waals surface area (Å²) in [6.07, 6.45) is 0. The van der Waals surface area contributed by atoms with Crippen LogP contribution in [0, 0.1) is 0 Å². The van der Waals surface area contributed by atoms with Crippen LogP contribution in [0.3, 0.4) is 0 Å². The Balaban J connectivity index is 1.43. The highest BCUT2D eigenvalue weighted by Gasteiger charge is 2.50. The molecule has 0 aliphatic heterocycles. The van der Waals surface area contributed by atoms with Gasteiger partial charge >= 0.3 is 0 Å². The van der Waals surface area contributed by atoms with Gasteiger partial charge in [0.15, 0.2) is 0 Å². The second-order valence-corrected chi connectivity index (χ2v) is 11.4. The average molecular weight is 525 g/mol. The molecule has 0 saturated heterocycles.